The lowest BCUT2D eigenvalue weighted by atomic mass is 10.2. The van der Waals surface area contributed by atoms with E-state index in [1.165, 1.54) is 0 Å². The Kier molecular flexibility index (Phi) is 6.02. The van der Waals surface area contributed by atoms with Gasteiger partial charge in [-0.05, 0) is 24.6 Å². The molecule has 1 nitrogen and oxygen atoms in total. The molecule has 0 heterocycles. The van der Waals surface area contributed by atoms with E-state index in [2.05, 4.69) is 46.0 Å². The average molecular weight is 235 g/mol. The maximum absolute atomic E-state index is 5.95. The molecule has 0 atom stereocenters. The fourth-order valence-corrected chi connectivity index (χ4v) is 1.79. The van der Waals surface area contributed by atoms with Crippen molar-refractivity contribution >= 4 is 19.9 Å². The molecule has 0 unspecified atom stereocenters. The Morgan fingerprint density at radius 3 is 2.21 bits per heavy atom. The molecule has 0 aromatic rings. The van der Waals surface area contributed by atoms with Gasteiger partial charge in [-0.1, -0.05) is 32.9 Å². The van der Waals surface area contributed by atoms with Crippen LogP contribution in [-0.4, -0.2) is 20.8 Å². The zero-order valence-corrected chi connectivity index (χ0v) is 11.8. The van der Waals surface area contributed by atoms with E-state index in [-0.39, 0.29) is 0 Å². The number of hydrogen-bond acceptors (Lipinski definition) is 1. The average Bonchev–Trinajstić information content (AvgIpc) is 2.02. The number of allylic oxidation sites excluding steroid dienone is 1. The lowest BCUT2D eigenvalue weighted by molar-refractivity contribution is 0.328. The summed E-state index contributed by atoms with van der Waals surface area (Å²) in [6.07, 6.45) is 5.09. The number of hydrogen-bond donors (Lipinski definition) is 0. The van der Waals surface area contributed by atoms with Gasteiger partial charge in [-0.15, -0.1) is 11.6 Å². The van der Waals surface area contributed by atoms with Crippen LogP contribution in [0, 0.1) is 0 Å². The molecule has 0 N–H and O–H groups in total. The first-order valence-electron chi connectivity index (χ1n) is 5.16. The normalized spacial score (nSPS) is 13.9. The lowest BCUT2D eigenvalue weighted by Crippen LogP contribution is -2.40. The fraction of sp³-hybridized carbons (Fsp3) is 0.818. The molecular formula is C11H23ClOSi. The van der Waals surface area contributed by atoms with E-state index in [1.807, 2.05) is 0 Å². The largest absolute Gasteiger partial charge is 0.413 e. The molecule has 0 aliphatic rings. The summed E-state index contributed by atoms with van der Waals surface area (Å²) < 4.78 is 5.95. The van der Waals surface area contributed by atoms with Gasteiger partial charge in [0.25, 0.3) is 0 Å². The number of alkyl halides is 1. The molecule has 0 saturated carbocycles. The van der Waals surface area contributed by atoms with Crippen LogP contribution >= 0.6 is 11.6 Å². The molecule has 84 valence electrons. The van der Waals surface area contributed by atoms with Crippen molar-refractivity contribution in [3.05, 3.63) is 12.2 Å². The first-order chi connectivity index (χ1) is 6.31. The van der Waals surface area contributed by atoms with Crippen LogP contribution in [0.15, 0.2) is 12.2 Å². The Labute approximate surface area is 94.6 Å². The van der Waals surface area contributed by atoms with Crippen molar-refractivity contribution in [2.24, 2.45) is 0 Å². The van der Waals surface area contributed by atoms with E-state index < -0.39 is 8.32 Å². The SMILES string of the molecule is CC(C)(C)[Si](C)(C)OCC=CCCCl. The second-order valence-electron chi connectivity index (χ2n) is 5.02. The van der Waals surface area contributed by atoms with Crippen LogP contribution in [0.5, 0.6) is 0 Å². The maximum atomic E-state index is 5.95. The highest BCUT2D eigenvalue weighted by molar-refractivity contribution is 6.74. The Bertz CT molecular complexity index is 182. The van der Waals surface area contributed by atoms with Crippen LogP contribution in [0.2, 0.25) is 18.1 Å². The van der Waals surface area contributed by atoms with E-state index in [0.717, 1.165) is 13.0 Å². The molecular weight excluding hydrogens is 212 g/mol. The lowest BCUT2D eigenvalue weighted by Gasteiger charge is -2.35. The summed E-state index contributed by atoms with van der Waals surface area (Å²) in [5.74, 6) is 0.691. The molecule has 0 saturated heterocycles. The van der Waals surface area contributed by atoms with Crippen LogP contribution in [-0.2, 0) is 4.43 Å². The topological polar surface area (TPSA) is 9.23 Å². The fourth-order valence-electron chi connectivity index (χ4n) is 0.722. The molecule has 0 aliphatic heterocycles. The summed E-state index contributed by atoms with van der Waals surface area (Å²) in [5.41, 5.74) is 0. The molecule has 0 aromatic carbocycles. The van der Waals surface area contributed by atoms with Gasteiger partial charge in [0, 0.05) is 5.88 Å². The third-order valence-corrected chi connectivity index (χ3v) is 7.51. The van der Waals surface area contributed by atoms with Gasteiger partial charge in [0.2, 0.25) is 0 Å². The Balaban J connectivity index is 3.89. The molecule has 0 fully saturated rings. The van der Waals surface area contributed by atoms with Gasteiger partial charge in [0.15, 0.2) is 8.32 Å². The van der Waals surface area contributed by atoms with Gasteiger partial charge in [-0.2, -0.15) is 0 Å². The minimum absolute atomic E-state index is 0.299. The molecule has 14 heavy (non-hydrogen) atoms. The van der Waals surface area contributed by atoms with Crippen LogP contribution in [0.1, 0.15) is 27.2 Å². The first-order valence-corrected chi connectivity index (χ1v) is 8.60. The summed E-state index contributed by atoms with van der Waals surface area (Å²) >= 11 is 5.56. The minimum atomic E-state index is -1.55. The molecule has 0 aliphatic carbocycles. The van der Waals surface area contributed by atoms with Crippen molar-refractivity contribution < 1.29 is 4.43 Å². The summed E-state index contributed by atoms with van der Waals surface area (Å²) in [6.45, 7) is 12.0. The maximum Gasteiger partial charge on any atom is 0.192 e. The summed E-state index contributed by atoms with van der Waals surface area (Å²) in [6, 6.07) is 0. The van der Waals surface area contributed by atoms with Crippen molar-refractivity contribution in [2.75, 3.05) is 12.5 Å². The Morgan fingerprint density at radius 1 is 1.21 bits per heavy atom. The molecule has 0 aromatic heterocycles. The van der Waals surface area contributed by atoms with Gasteiger partial charge in [0.05, 0.1) is 6.61 Å². The van der Waals surface area contributed by atoms with E-state index in [4.69, 9.17) is 16.0 Å². The third-order valence-electron chi connectivity index (χ3n) is 2.79. The van der Waals surface area contributed by atoms with Crippen molar-refractivity contribution in [1.29, 1.82) is 0 Å². The predicted octanol–water partition coefficient (Wildman–Crippen LogP) is 4.19. The Hall–Kier alpha value is 0.207. The van der Waals surface area contributed by atoms with Crippen molar-refractivity contribution in [3.63, 3.8) is 0 Å². The quantitative estimate of drug-likeness (QED) is 0.394. The van der Waals surface area contributed by atoms with Gasteiger partial charge in [0.1, 0.15) is 0 Å². The molecule has 0 radical (unpaired) electrons. The second-order valence-corrected chi connectivity index (χ2v) is 10.2. The highest BCUT2D eigenvalue weighted by Crippen LogP contribution is 2.36. The van der Waals surface area contributed by atoms with E-state index >= 15 is 0 Å². The van der Waals surface area contributed by atoms with Gasteiger partial charge in [-0.3, -0.25) is 0 Å². The van der Waals surface area contributed by atoms with Crippen LogP contribution < -0.4 is 0 Å². The molecule has 0 bridgehead atoms. The third kappa shape index (κ3) is 5.18. The van der Waals surface area contributed by atoms with Crippen LogP contribution in [0.3, 0.4) is 0 Å². The molecule has 3 heteroatoms. The standard InChI is InChI=1S/C11H23ClOSi/c1-11(2,3)14(4,5)13-10-8-6-7-9-12/h6,8H,7,9-10H2,1-5H3. The van der Waals surface area contributed by atoms with Crippen LogP contribution in [0.4, 0.5) is 0 Å². The summed E-state index contributed by atoms with van der Waals surface area (Å²) in [4.78, 5) is 0. The minimum Gasteiger partial charge on any atom is -0.413 e. The van der Waals surface area contributed by atoms with Crippen LogP contribution in [0.25, 0.3) is 0 Å². The number of halogens is 1. The number of rotatable bonds is 5. The summed E-state index contributed by atoms with van der Waals surface area (Å²) in [5, 5.41) is 0.299. The zero-order chi connectivity index (χ0) is 11.2. The van der Waals surface area contributed by atoms with Crippen molar-refractivity contribution in [3.8, 4) is 0 Å². The monoisotopic (exact) mass is 234 g/mol. The highest BCUT2D eigenvalue weighted by atomic mass is 35.5. The molecule has 0 spiro atoms. The predicted molar refractivity (Wildman–Crippen MR) is 67.6 cm³/mol. The van der Waals surface area contributed by atoms with Gasteiger partial charge >= 0.3 is 0 Å². The van der Waals surface area contributed by atoms with Gasteiger partial charge < -0.3 is 4.43 Å². The van der Waals surface area contributed by atoms with E-state index in [0.29, 0.717) is 10.9 Å². The first kappa shape index (κ1) is 14.2. The zero-order valence-electron chi connectivity index (χ0n) is 10.1. The summed E-state index contributed by atoms with van der Waals surface area (Å²) in [7, 11) is -1.55. The Morgan fingerprint density at radius 2 is 1.79 bits per heavy atom. The smallest absolute Gasteiger partial charge is 0.192 e. The van der Waals surface area contributed by atoms with E-state index in [1.54, 1.807) is 0 Å². The van der Waals surface area contributed by atoms with Gasteiger partial charge in [-0.25, -0.2) is 0 Å². The molecule has 0 rings (SSSR count). The van der Waals surface area contributed by atoms with E-state index in [9.17, 15) is 0 Å². The van der Waals surface area contributed by atoms with Crippen molar-refractivity contribution in [1.82, 2.24) is 0 Å². The molecule has 0 amide bonds. The highest BCUT2D eigenvalue weighted by Gasteiger charge is 2.36. The van der Waals surface area contributed by atoms with Crippen molar-refractivity contribution in [2.45, 2.75) is 45.3 Å². The second kappa shape index (κ2) is 5.94.